The van der Waals surface area contributed by atoms with Gasteiger partial charge in [-0.1, -0.05) is 59.9 Å². The summed E-state index contributed by atoms with van der Waals surface area (Å²) in [7, 11) is 1.66. The second kappa shape index (κ2) is 14.5. The Morgan fingerprint density at radius 3 is 1.94 bits per heavy atom. The molecule has 5 heteroatoms. The Kier molecular flexibility index (Phi) is 11.8. The molecular formula is C29H42O5. The van der Waals surface area contributed by atoms with Gasteiger partial charge in [0.1, 0.15) is 22.8 Å². The molecule has 0 unspecified atom stereocenters. The van der Waals surface area contributed by atoms with Crippen LogP contribution in [-0.4, -0.2) is 32.9 Å². The lowest BCUT2D eigenvalue weighted by atomic mass is 9.94. The van der Waals surface area contributed by atoms with Crippen LogP contribution in [0.1, 0.15) is 95.0 Å². The van der Waals surface area contributed by atoms with Crippen LogP contribution >= 0.6 is 0 Å². The van der Waals surface area contributed by atoms with Crippen molar-refractivity contribution in [2.75, 3.05) is 26.9 Å². The lowest BCUT2D eigenvalue weighted by Gasteiger charge is -2.20. The number of hydrogen-bond acceptors (Lipinski definition) is 5. The Morgan fingerprint density at radius 1 is 0.765 bits per heavy atom. The third kappa shape index (κ3) is 7.68. The fourth-order valence-electron chi connectivity index (χ4n) is 3.51. The van der Waals surface area contributed by atoms with Crippen LogP contribution in [0.2, 0.25) is 0 Å². The first-order valence-electron chi connectivity index (χ1n) is 12.8. The summed E-state index contributed by atoms with van der Waals surface area (Å²) in [6, 6.07) is 9.87. The summed E-state index contributed by atoms with van der Waals surface area (Å²) in [4.78, 5) is 13.1. The molecule has 0 fully saturated rings. The summed E-state index contributed by atoms with van der Waals surface area (Å²) < 4.78 is 23.5. The molecule has 188 valence electrons. The SMILES string of the molecule is CCCCOC(=O)c1cc(-c2cc(C(C)C)ccc2OC)c(OCCCC)cc1OCCCC. The molecule has 0 aliphatic heterocycles. The van der Waals surface area contributed by atoms with E-state index in [1.807, 2.05) is 18.2 Å². The van der Waals surface area contributed by atoms with E-state index in [0.29, 0.717) is 42.8 Å². The second-order valence-corrected chi connectivity index (χ2v) is 8.85. The quantitative estimate of drug-likeness (QED) is 0.196. The zero-order valence-corrected chi connectivity index (χ0v) is 21.9. The molecule has 0 bridgehead atoms. The van der Waals surface area contributed by atoms with Crippen LogP contribution in [0.25, 0.3) is 11.1 Å². The van der Waals surface area contributed by atoms with E-state index >= 15 is 0 Å². The average molecular weight is 471 g/mol. The number of benzene rings is 2. The molecule has 34 heavy (non-hydrogen) atoms. The van der Waals surface area contributed by atoms with Crippen molar-refractivity contribution >= 4 is 5.97 Å². The minimum absolute atomic E-state index is 0.351. The van der Waals surface area contributed by atoms with E-state index < -0.39 is 0 Å². The van der Waals surface area contributed by atoms with E-state index in [4.69, 9.17) is 18.9 Å². The van der Waals surface area contributed by atoms with Crippen LogP contribution in [0.4, 0.5) is 0 Å². The highest BCUT2D eigenvalue weighted by Crippen LogP contribution is 2.42. The zero-order chi connectivity index (χ0) is 24.9. The number of hydrogen-bond donors (Lipinski definition) is 0. The van der Waals surface area contributed by atoms with Gasteiger partial charge in [-0.3, -0.25) is 0 Å². The number of carbonyl (C=O) groups excluding carboxylic acids is 1. The molecule has 0 atom stereocenters. The van der Waals surface area contributed by atoms with Gasteiger partial charge >= 0.3 is 5.97 Å². The molecule has 0 amide bonds. The normalized spacial score (nSPS) is 10.9. The van der Waals surface area contributed by atoms with Crippen molar-refractivity contribution in [1.29, 1.82) is 0 Å². The number of carbonyl (C=O) groups is 1. The number of methoxy groups -OCH3 is 1. The summed E-state index contributed by atoms with van der Waals surface area (Å²) in [5.74, 6) is 1.90. The first-order chi connectivity index (χ1) is 16.5. The van der Waals surface area contributed by atoms with E-state index in [0.717, 1.165) is 55.4 Å². The maximum absolute atomic E-state index is 13.1. The monoisotopic (exact) mass is 470 g/mol. The Balaban J connectivity index is 2.64. The number of rotatable bonds is 15. The Hall–Kier alpha value is -2.69. The summed E-state index contributed by atoms with van der Waals surface area (Å²) in [5, 5.41) is 0. The highest BCUT2D eigenvalue weighted by atomic mass is 16.5. The lowest BCUT2D eigenvalue weighted by Crippen LogP contribution is -2.11. The maximum atomic E-state index is 13.1. The van der Waals surface area contributed by atoms with Gasteiger partial charge < -0.3 is 18.9 Å². The highest BCUT2D eigenvalue weighted by molar-refractivity contribution is 5.95. The van der Waals surface area contributed by atoms with Gasteiger partial charge in [-0.2, -0.15) is 0 Å². The smallest absolute Gasteiger partial charge is 0.341 e. The number of esters is 1. The van der Waals surface area contributed by atoms with E-state index in [-0.39, 0.29) is 5.97 Å². The van der Waals surface area contributed by atoms with Crippen LogP contribution < -0.4 is 14.2 Å². The molecule has 2 rings (SSSR count). The molecule has 2 aromatic rings. The molecule has 5 nitrogen and oxygen atoms in total. The molecule has 0 aliphatic rings. The fraction of sp³-hybridized carbons (Fsp3) is 0.552. The largest absolute Gasteiger partial charge is 0.496 e. The highest BCUT2D eigenvalue weighted by Gasteiger charge is 2.22. The van der Waals surface area contributed by atoms with Crippen LogP contribution in [0.5, 0.6) is 17.2 Å². The van der Waals surface area contributed by atoms with Crippen LogP contribution in [0.15, 0.2) is 30.3 Å². The van der Waals surface area contributed by atoms with Gasteiger partial charge in [0.05, 0.1) is 26.9 Å². The maximum Gasteiger partial charge on any atom is 0.341 e. The van der Waals surface area contributed by atoms with E-state index in [2.05, 4.69) is 46.8 Å². The van der Waals surface area contributed by atoms with Crippen molar-refractivity contribution in [3.63, 3.8) is 0 Å². The van der Waals surface area contributed by atoms with Crippen molar-refractivity contribution in [3.05, 3.63) is 41.5 Å². The molecule has 0 saturated carbocycles. The fourth-order valence-corrected chi connectivity index (χ4v) is 3.51. The minimum atomic E-state index is -0.375. The first-order valence-corrected chi connectivity index (χ1v) is 12.8. The Labute approximate surface area is 205 Å². The Bertz CT molecular complexity index is 904. The standard InChI is InChI=1S/C29H42O5/c1-7-10-15-32-27-20-28(33-16-11-8-2)25(29(30)34-17-12-9-3)19-24(27)23-18-22(21(4)5)13-14-26(23)31-6/h13-14,18-21H,7-12,15-17H2,1-6H3. The molecule has 0 aromatic heterocycles. The van der Waals surface area contributed by atoms with Gasteiger partial charge in [-0.15, -0.1) is 0 Å². The van der Waals surface area contributed by atoms with Gasteiger partial charge in [0.25, 0.3) is 0 Å². The molecule has 0 spiro atoms. The van der Waals surface area contributed by atoms with Crippen molar-refractivity contribution in [2.24, 2.45) is 0 Å². The molecule has 2 aromatic carbocycles. The number of ether oxygens (including phenoxy) is 4. The van der Waals surface area contributed by atoms with Crippen LogP contribution in [-0.2, 0) is 4.74 Å². The third-order valence-corrected chi connectivity index (χ3v) is 5.72. The van der Waals surface area contributed by atoms with Gasteiger partial charge in [0.15, 0.2) is 0 Å². The van der Waals surface area contributed by atoms with Crippen molar-refractivity contribution in [2.45, 2.75) is 79.1 Å². The van der Waals surface area contributed by atoms with Gasteiger partial charge in [-0.25, -0.2) is 4.79 Å². The van der Waals surface area contributed by atoms with Crippen molar-refractivity contribution < 1.29 is 23.7 Å². The average Bonchev–Trinajstić information content (AvgIpc) is 2.84. The summed E-state index contributed by atoms with van der Waals surface area (Å²) in [5.41, 5.74) is 3.30. The van der Waals surface area contributed by atoms with Gasteiger partial charge in [-0.05, 0) is 48.9 Å². The summed E-state index contributed by atoms with van der Waals surface area (Å²) in [6.45, 7) is 12.1. The van der Waals surface area contributed by atoms with Crippen molar-refractivity contribution in [3.8, 4) is 28.4 Å². The topological polar surface area (TPSA) is 54.0 Å². The van der Waals surface area contributed by atoms with Crippen molar-refractivity contribution in [1.82, 2.24) is 0 Å². The third-order valence-electron chi connectivity index (χ3n) is 5.72. The molecular weight excluding hydrogens is 428 g/mol. The first kappa shape index (κ1) is 27.6. The predicted molar refractivity (Wildman–Crippen MR) is 139 cm³/mol. The Morgan fingerprint density at radius 2 is 1.35 bits per heavy atom. The molecule has 0 aliphatic carbocycles. The predicted octanol–water partition coefficient (Wildman–Crippen LogP) is 7.80. The van der Waals surface area contributed by atoms with Crippen LogP contribution in [0.3, 0.4) is 0 Å². The summed E-state index contributed by atoms with van der Waals surface area (Å²) >= 11 is 0. The minimum Gasteiger partial charge on any atom is -0.496 e. The van der Waals surface area contributed by atoms with E-state index in [1.165, 1.54) is 5.56 Å². The summed E-state index contributed by atoms with van der Waals surface area (Å²) in [6.07, 6.45) is 5.67. The number of unbranched alkanes of at least 4 members (excludes halogenated alkanes) is 3. The molecule has 0 heterocycles. The van der Waals surface area contributed by atoms with E-state index in [9.17, 15) is 4.79 Å². The molecule has 0 radical (unpaired) electrons. The van der Waals surface area contributed by atoms with Gasteiger partial charge in [0, 0.05) is 17.2 Å². The molecule has 0 saturated heterocycles. The van der Waals surface area contributed by atoms with E-state index in [1.54, 1.807) is 7.11 Å². The second-order valence-electron chi connectivity index (χ2n) is 8.85. The zero-order valence-electron chi connectivity index (χ0n) is 21.9. The lowest BCUT2D eigenvalue weighted by molar-refractivity contribution is 0.0495. The van der Waals surface area contributed by atoms with Crippen LogP contribution in [0, 0.1) is 0 Å². The van der Waals surface area contributed by atoms with Gasteiger partial charge in [0.2, 0.25) is 0 Å². The molecule has 0 N–H and O–H groups in total.